The average molecular weight is 331 g/mol. The number of anilines is 1. The summed E-state index contributed by atoms with van der Waals surface area (Å²) < 4.78 is 5.43. The molecule has 1 fully saturated rings. The number of thiophene rings is 1. The third kappa shape index (κ3) is 3.28. The largest absolute Gasteiger partial charge is 0.478 e. The number of benzene rings is 1. The van der Waals surface area contributed by atoms with Crippen LogP contribution in [0.3, 0.4) is 0 Å². The Kier molecular flexibility index (Phi) is 4.73. The fourth-order valence-corrected chi connectivity index (χ4v) is 3.91. The highest BCUT2D eigenvalue weighted by atomic mass is 32.1. The van der Waals surface area contributed by atoms with Gasteiger partial charge in [0.1, 0.15) is 5.00 Å². The monoisotopic (exact) mass is 331 g/mol. The van der Waals surface area contributed by atoms with E-state index in [2.05, 4.69) is 0 Å². The third-order valence-corrected chi connectivity index (χ3v) is 5.08. The molecule has 0 saturated carbocycles. The van der Waals surface area contributed by atoms with Crippen LogP contribution in [0.15, 0.2) is 36.4 Å². The number of aromatic carboxylic acids is 1. The molecule has 1 aromatic carbocycles. The van der Waals surface area contributed by atoms with Crippen LogP contribution < -0.4 is 4.90 Å². The van der Waals surface area contributed by atoms with Crippen LogP contribution in [0.1, 0.15) is 23.2 Å². The average Bonchev–Trinajstić information content (AvgIpc) is 3.03. The first-order valence-electron chi connectivity index (χ1n) is 7.44. The Balaban J connectivity index is 2.00. The summed E-state index contributed by atoms with van der Waals surface area (Å²) in [5.41, 5.74) is 1.10. The first-order valence-corrected chi connectivity index (χ1v) is 8.26. The fourth-order valence-electron chi connectivity index (χ4n) is 2.71. The van der Waals surface area contributed by atoms with Gasteiger partial charge in [-0.2, -0.15) is 0 Å². The zero-order chi connectivity index (χ0) is 16.2. The van der Waals surface area contributed by atoms with Crippen LogP contribution in [-0.2, 0) is 9.53 Å². The van der Waals surface area contributed by atoms with Gasteiger partial charge >= 0.3 is 5.97 Å². The molecular formula is C17H17NO4S. The number of ether oxygens (including phenoxy) is 1. The lowest BCUT2D eigenvalue weighted by Crippen LogP contribution is -2.40. The summed E-state index contributed by atoms with van der Waals surface area (Å²) in [6.45, 7) is 1.13. The Morgan fingerprint density at radius 2 is 2.13 bits per heavy atom. The van der Waals surface area contributed by atoms with Gasteiger partial charge in [-0.15, -0.1) is 11.3 Å². The highest BCUT2D eigenvalue weighted by molar-refractivity contribution is 7.20. The molecule has 5 nitrogen and oxygen atoms in total. The van der Waals surface area contributed by atoms with Gasteiger partial charge < -0.3 is 14.7 Å². The first kappa shape index (κ1) is 15.7. The van der Waals surface area contributed by atoms with E-state index in [1.807, 2.05) is 30.3 Å². The summed E-state index contributed by atoms with van der Waals surface area (Å²) >= 11 is 1.33. The highest BCUT2D eigenvalue weighted by Gasteiger charge is 2.27. The maximum Gasteiger partial charge on any atom is 0.338 e. The highest BCUT2D eigenvalue weighted by Crippen LogP contribution is 2.38. The molecule has 1 aliphatic heterocycles. The predicted octanol–water partition coefficient (Wildman–Crippen LogP) is 3.26. The summed E-state index contributed by atoms with van der Waals surface area (Å²) in [6.07, 6.45) is 2.40. The van der Waals surface area contributed by atoms with Gasteiger partial charge in [-0.1, -0.05) is 30.3 Å². The van der Waals surface area contributed by atoms with Crippen LogP contribution in [0.4, 0.5) is 5.00 Å². The van der Waals surface area contributed by atoms with Crippen molar-refractivity contribution in [2.75, 3.05) is 18.1 Å². The SMILES string of the molecule is O=CN(c1sc(-c2ccccc2)cc1C(=O)O)C1CCCOC1. The normalized spacial score (nSPS) is 17.7. The van der Waals surface area contributed by atoms with E-state index in [-0.39, 0.29) is 11.6 Å². The lowest BCUT2D eigenvalue weighted by atomic mass is 10.1. The van der Waals surface area contributed by atoms with Gasteiger partial charge in [0.15, 0.2) is 0 Å². The minimum absolute atomic E-state index is 0.110. The maximum absolute atomic E-state index is 11.6. The molecule has 1 amide bonds. The molecular weight excluding hydrogens is 314 g/mol. The Bertz CT molecular complexity index is 692. The second-order valence-corrected chi connectivity index (χ2v) is 6.41. The zero-order valence-electron chi connectivity index (χ0n) is 12.5. The molecule has 0 spiro atoms. The minimum atomic E-state index is -1.03. The Morgan fingerprint density at radius 1 is 1.35 bits per heavy atom. The van der Waals surface area contributed by atoms with E-state index in [1.165, 1.54) is 16.2 Å². The fraction of sp³-hybridized carbons (Fsp3) is 0.294. The molecule has 1 aliphatic rings. The number of nitrogens with zero attached hydrogens (tertiary/aromatic N) is 1. The maximum atomic E-state index is 11.6. The van der Waals surface area contributed by atoms with Gasteiger partial charge in [-0.3, -0.25) is 4.79 Å². The summed E-state index contributed by atoms with van der Waals surface area (Å²) in [5.74, 6) is -1.03. The number of rotatable bonds is 5. The predicted molar refractivity (Wildman–Crippen MR) is 89.1 cm³/mol. The summed E-state index contributed by atoms with van der Waals surface area (Å²) in [6, 6.07) is 11.1. The Hall–Kier alpha value is -2.18. The smallest absolute Gasteiger partial charge is 0.338 e. The number of carboxylic acid groups (broad SMARTS) is 1. The van der Waals surface area contributed by atoms with Crippen LogP contribution in [0.25, 0.3) is 10.4 Å². The van der Waals surface area contributed by atoms with Crippen LogP contribution >= 0.6 is 11.3 Å². The molecule has 1 aromatic heterocycles. The standard InChI is InChI=1S/C17H17NO4S/c19-11-18(13-7-4-8-22-10-13)16-14(17(20)21)9-15(23-16)12-5-2-1-3-6-12/h1-3,5-6,9,11,13H,4,7-8,10H2,(H,20,21). The third-order valence-electron chi connectivity index (χ3n) is 3.88. The van der Waals surface area contributed by atoms with E-state index in [0.29, 0.717) is 24.6 Å². The summed E-state index contributed by atoms with van der Waals surface area (Å²) in [7, 11) is 0. The molecule has 3 rings (SSSR count). The zero-order valence-corrected chi connectivity index (χ0v) is 13.3. The summed E-state index contributed by atoms with van der Waals surface area (Å²) in [5, 5.41) is 9.98. The molecule has 1 N–H and O–H groups in total. The number of carboxylic acids is 1. The van der Waals surface area contributed by atoms with Crippen molar-refractivity contribution in [3.63, 3.8) is 0 Å². The molecule has 23 heavy (non-hydrogen) atoms. The molecule has 120 valence electrons. The van der Waals surface area contributed by atoms with E-state index >= 15 is 0 Å². The van der Waals surface area contributed by atoms with Gasteiger partial charge in [-0.25, -0.2) is 4.79 Å². The number of hydrogen-bond acceptors (Lipinski definition) is 4. The van der Waals surface area contributed by atoms with E-state index in [4.69, 9.17) is 4.74 Å². The number of carbonyl (C=O) groups excluding carboxylic acids is 1. The number of carbonyl (C=O) groups is 2. The lowest BCUT2D eigenvalue weighted by molar-refractivity contribution is -0.108. The van der Waals surface area contributed by atoms with Gasteiger partial charge in [0.05, 0.1) is 18.2 Å². The minimum Gasteiger partial charge on any atom is -0.478 e. The van der Waals surface area contributed by atoms with E-state index in [9.17, 15) is 14.7 Å². The second kappa shape index (κ2) is 6.93. The first-order chi connectivity index (χ1) is 11.2. The second-order valence-electron chi connectivity index (χ2n) is 5.38. The molecule has 1 atom stereocenters. The lowest BCUT2D eigenvalue weighted by Gasteiger charge is -2.30. The van der Waals surface area contributed by atoms with Gasteiger partial charge in [0.25, 0.3) is 0 Å². The van der Waals surface area contributed by atoms with Crippen molar-refractivity contribution < 1.29 is 19.4 Å². The van der Waals surface area contributed by atoms with Gasteiger partial charge in [0.2, 0.25) is 6.41 Å². The Morgan fingerprint density at radius 3 is 2.74 bits per heavy atom. The topological polar surface area (TPSA) is 66.8 Å². The molecule has 0 aliphatic carbocycles. The van der Waals surface area contributed by atoms with E-state index in [0.717, 1.165) is 23.3 Å². The molecule has 1 unspecified atom stereocenters. The summed E-state index contributed by atoms with van der Waals surface area (Å²) in [4.78, 5) is 25.6. The van der Waals surface area contributed by atoms with Crippen LogP contribution in [0.2, 0.25) is 0 Å². The van der Waals surface area contributed by atoms with Crippen molar-refractivity contribution in [1.82, 2.24) is 0 Å². The quantitative estimate of drug-likeness (QED) is 0.854. The van der Waals surface area contributed by atoms with Gasteiger partial charge in [0, 0.05) is 11.5 Å². The van der Waals surface area contributed by atoms with E-state index in [1.54, 1.807) is 6.07 Å². The van der Waals surface area contributed by atoms with Crippen LogP contribution in [-0.4, -0.2) is 36.7 Å². The molecule has 2 heterocycles. The molecule has 2 aromatic rings. The van der Waals surface area contributed by atoms with Crippen LogP contribution in [0.5, 0.6) is 0 Å². The molecule has 6 heteroatoms. The number of amides is 1. The van der Waals surface area contributed by atoms with Crippen molar-refractivity contribution in [1.29, 1.82) is 0 Å². The van der Waals surface area contributed by atoms with Crippen molar-refractivity contribution in [2.45, 2.75) is 18.9 Å². The van der Waals surface area contributed by atoms with Gasteiger partial charge in [-0.05, 0) is 24.5 Å². The Labute approximate surface area is 138 Å². The van der Waals surface area contributed by atoms with Crippen molar-refractivity contribution in [3.8, 4) is 10.4 Å². The number of hydrogen-bond donors (Lipinski definition) is 1. The van der Waals surface area contributed by atoms with Crippen molar-refractivity contribution in [2.24, 2.45) is 0 Å². The molecule has 0 radical (unpaired) electrons. The van der Waals surface area contributed by atoms with Crippen LogP contribution in [0, 0.1) is 0 Å². The van der Waals surface area contributed by atoms with Crippen molar-refractivity contribution >= 4 is 28.7 Å². The molecule has 0 bridgehead atoms. The van der Waals surface area contributed by atoms with E-state index < -0.39 is 5.97 Å². The van der Waals surface area contributed by atoms with Crippen molar-refractivity contribution in [3.05, 3.63) is 42.0 Å². The molecule has 1 saturated heterocycles.